The predicted molar refractivity (Wildman–Crippen MR) is 98.3 cm³/mol. The summed E-state index contributed by atoms with van der Waals surface area (Å²) in [6, 6.07) is 10.9. The number of Topliss-reactive ketones (excluding diaryl/α,β-unsaturated/α-hetero) is 1. The molecule has 1 N–H and O–H groups in total. The van der Waals surface area contributed by atoms with E-state index in [1.54, 1.807) is 31.3 Å². The topological polar surface area (TPSA) is 62.3 Å². The van der Waals surface area contributed by atoms with Gasteiger partial charge in [0.2, 0.25) is 0 Å². The zero-order chi connectivity index (χ0) is 17.8. The monoisotopic (exact) mass is 337 g/mol. The normalized spacial score (nSPS) is 15.0. The van der Waals surface area contributed by atoms with Gasteiger partial charge in [0.25, 0.3) is 5.91 Å². The van der Waals surface area contributed by atoms with E-state index in [9.17, 15) is 9.59 Å². The number of benzene rings is 1. The molecule has 130 valence electrons. The Hall–Kier alpha value is -2.69. The minimum absolute atomic E-state index is 0.00275. The van der Waals surface area contributed by atoms with Crippen molar-refractivity contribution in [2.24, 2.45) is 5.92 Å². The molecule has 0 atom stereocenters. The van der Waals surface area contributed by atoms with Gasteiger partial charge in [-0.2, -0.15) is 0 Å². The Kier molecular flexibility index (Phi) is 5.12. The summed E-state index contributed by atoms with van der Waals surface area (Å²) in [5.74, 6) is 0.713. The summed E-state index contributed by atoms with van der Waals surface area (Å²) in [5, 5.41) is 3.21. The van der Waals surface area contributed by atoms with E-state index in [4.69, 9.17) is 0 Å². The average molecular weight is 337 g/mol. The number of ketones is 1. The number of amides is 1. The number of anilines is 2. The SMILES string of the molecule is CC(=O)c1cccc(Nc2ccc(C(=O)N3CCC(C)CC3)nc2)c1. The van der Waals surface area contributed by atoms with Crippen LogP contribution >= 0.6 is 0 Å². The third-order valence-corrected chi connectivity index (χ3v) is 4.61. The quantitative estimate of drug-likeness (QED) is 0.860. The van der Waals surface area contributed by atoms with Crippen LogP contribution in [0.1, 0.15) is 47.5 Å². The second-order valence-corrected chi connectivity index (χ2v) is 6.67. The molecule has 0 spiro atoms. The molecular weight excluding hydrogens is 314 g/mol. The fraction of sp³-hybridized carbons (Fsp3) is 0.350. The van der Waals surface area contributed by atoms with E-state index in [1.165, 1.54) is 0 Å². The maximum Gasteiger partial charge on any atom is 0.272 e. The minimum atomic E-state index is -0.00275. The Morgan fingerprint density at radius 1 is 1.12 bits per heavy atom. The highest BCUT2D eigenvalue weighted by Crippen LogP contribution is 2.20. The number of nitrogens with zero attached hydrogens (tertiary/aromatic N) is 2. The Bertz CT molecular complexity index is 763. The van der Waals surface area contributed by atoms with Gasteiger partial charge in [-0.25, -0.2) is 4.98 Å². The molecule has 1 aliphatic heterocycles. The van der Waals surface area contributed by atoms with E-state index < -0.39 is 0 Å². The number of carbonyl (C=O) groups is 2. The van der Waals surface area contributed by atoms with Gasteiger partial charge in [0.1, 0.15) is 5.69 Å². The van der Waals surface area contributed by atoms with E-state index >= 15 is 0 Å². The maximum absolute atomic E-state index is 12.5. The van der Waals surface area contributed by atoms with Gasteiger partial charge in [-0.15, -0.1) is 0 Å². The van der Waals surface area contributed by atoms with Gasteiger partial charge in [0.15, 0.2) is 5.78 Å². The molecule has 1 aliphatic rings. The summed E-state index contributed by atoms with van der Waals surface area (Å²) in [4.78, 5) is 30.1. The first-order valence-electron chi connectivity index (χ1n) is 8.66. The molecule has 3 rings (SSSR count). The molecule has 1 amide bonds. The molecule has 2 aromatic rings. The number of aromatic nitrogens is 1. The number of rotatable bonds is 4. The van der Waals surface area contributed by atoms with Crippen molar-refractivity contribution in [1.82, 2.24) is 9.88 Å². The number of nitrogens with one attached hydrogen (secondary N) is 1. The van der Waals surface area contributed by atoms with E-state index in [1.807, 2.05) is 23.1 Å². The third-order valence-electron chi connectivity index (χ3n) is 4.61. The first-order chi connectivity index (χ1) is 12.0. The molecule has 0 unspecified atom stereocenters. The van der Waals surface area contributed by atoms with Crippen LogP contribution < -0.4 is 5.32 Å². The molecule has 1 aromatic carbocycles. The zero-order valence-corrected chi connectivity index (χ0v) is 14.7. The summed E-state index contributed by atoms with van der Waals surface area (Å²) in [5.41, 5.74) is 2.73. The summed E-state index contributed by atoms with van der Waals surface area (Å²) < 4.78 is 0. The zero-order valence-electron chi connectivity index (χ0n) is 14.7. The number of hydrogen-bond donors (Lipinski definition) is 1. The number of carbonyl (C=O) groups excluding carboxylic acids is 2. The second-order valence-electron chi connectivity index (χ2n) is 6.67. The van der Waals surface area contributed by atoms with Crippen LogP contribution in [0.5, 0.6) is 0 Å². The van der Waals surface area contributed by atoms with Crippen LogP contribution in [-0.2, 0) is 0 Å². The molecule has 25 heavy (non-hydrogen) atoms. The largest absolute Gasteiger partial charge is 0.354 e. The van der Waals surface area contributed by atoms with Crippen LogP contribution in [0, 0.1) is 5.92 Å². The minimum Gasteiger partial charge on any atom is -0.354 e. The maximum atomic E-state index is 12.5. The van der Waals surface area contributed by atoms with Crippen molar-refractivity contribution in [2.75, 3.05) is 18.4 Å². The van der Waals surface area contributed by atoms with Crippen LogP contribution in [0.25, 0.3) is 0 Å². The molecule has 1 saturated heterocycles. The average Bonchev–Trinajstić information content (AvgIpc) is 2.63. The van der Waals surface area contributed by atoms with Gasteiger partial charge in [-0.3, -0.25) is 9.59 Å². The van der Waals surface area contributed by atoms with Crippen LogP contribution in [0.3, 0.4) is 0 Å². The summed E-state index contributed by atoms with van der Waals surface area (Å²) in [6.45, 7) is 5.38. The Balaban J connectivity index is 1.67. The van der Waals surface area contributed by atoms with Gasteiger partial charge in [-0.1, -0.05) is 19.1 Å². The van der Waals surface area contributed by atoms with Crippen molar-refractivity contribution in [3.63, 3.8) is 0 Å². The molecule has 0 aliphatic carbocycles. The van der Waals surface area contributed by atoms with E-state index in [0.29, 0.717) is 17.2 Å². The lowest BCUT2D eigenvalue weighted by Crippen LogP contribution is -2.38. The van der Waals surface area contributed by atoms with Crippen molar-refractivity contribution in [1.29, 1.82) is 0 Å². The number of likely N-dealkylation sites (tertiary alicyclic amines) is 1. The first-order valence-corrected chi connectivity index (χ1v) is 8.66. The fourth-order valence-electron chi connectivity index (χ4n) is 2.95. The van der Waals surface area contributed by atoms with Gasteiger partial charge in [-0.05, 0) is 49.9 Å². The summed E-state index contributed by atoms with van der Waals surface area (Å²) in [7, 11) is 0. The van der Waals surface area contributed by atoms with Crippen LogP contribution in [0.4, 0.5) is 11.4 Å². The first kappa shape index (κ1) is 17.1. The number of hydrogen-bond acceptors (Lipinski definition) is 4. The summed E-state index contributed by atoms with van der Waals surface area (Å²) >= 11 is 0. The molecular formula is C20H23N3O2. The van der Waals surface area contributed by atoms with Crippen molar-refractivity contribution in [2.45, 2.75) is 26.7 Å². The Morgan fingerprint density at radius 3 is 2.52 bits per heavy atom. The number of pyridine rings is 1. The number of piperidine rings is 1. The third kappa shape index (κ3) is 4.24. The fourth-order valence-corrected chi connectivity index (χ4v) is 2.95. The lowest BCUT2D eigenvalue weighted by molar-refractivity contribution is 0.0691. The Labute approximate surface area is 148 Å². The molecule has 0 saturated carbocycles. The van der Waals surface area contributed by atoms with Crippen molar-refractivity contribution in [3.05, 3.63) is 53.9 Å². The highest BCUT2D eigenvalue weighted by atomic mass is 16.2. The summed E-state index contributed by atoms with van der Waals surface area (Å²) in [6.07, 6.45) is 3.76. The van der Waals surface area contributed by atoms with Gasteiger partial charge in [0.05, 0.1) is 11.9 Å². The Morgan fingerprint density at radius 2 is 1.88 bits per heavy atom. The van der Waals surface area contributed by atoms with E-state index in [-0.39, 0.29) is 11.7 Å². The van der Waals surface area contributed by atoms with Crippen molar-refractivity contribution < 1.29 is 9.59 Å². The molecule has 1 fully saturated rings. The molecule has 5 nitrogen and oxygen atoms in total. The van der Waals surface area contributed by atoms with Crippen LogP contribution in [0.2, 0.25) is 0 Å². The highest BCUT2D eigenvalue weighted by Gasteiger charge is 2.22. The van der Waals surface area contributed by atoms with Crippen molar-refractivity contribution in [3.8, 4) is 0 Å². The molecule has 0 bridgehead atoms. The molecule has 0 radical (unpaired) electrons. The van der Waals surface area contributed by atoms with Gasteiger partial charge < -0.3 is 10.2 Å². The lowest BCUT2D eigenvalue weighted by Gasteiger charge is -2.30. The lowest BCUT2D eigenvalue weighted by atomic mass is 9.99. The van der Waals surface area contributed by atoms with E-state index in [2.05, 4.69) is 17.2 Å². The van der Waals surface area contributed by atoms with Gasteiger partial charge in [0, 0.05) is 24.3 Å². The molecule has 2 heterocycles. The second kappa shape index (κ2) is 7.47. The predicted octanol–water partition coefficient (Wildman–Crippen LogP) is 3.90. The van der Waals surface area contributed by atoms with Crippen LogP contribution in [0.15, 0.2) is 42.6 Å². The molecule has 5 heteroatoms. The smallest absolute Gasteiger partial charge is 0.272 e. The molecule has 1 aromatic heterocycles. The highest BCUT2D eigenvalue weighted by molar-refractivity contribution is 5.95. The van der Waals surface area contributed by atoms with Crippen molar-refractivity contribution >= 4 is 23.1 Å². The standard InChI is InChI=1S/C20H23N3O2/c1-14-8-10-23(11-9-14)20(25)19-7-6-18(13-21-19)22-17-5-3-4-16(12-17)15(2)24/h3-7,12-14,22H,8-11H2,1-2H3. The van der Waals surface area contributed by atoms with Gasteiger partial charge >= 0.3 is 0 Å². The van der Waals surface area contributed by atoms with Crippen LogP contribution in [-0.4, -0.2) is 34.7 Å². The van der Waals surface area contributed by atoms with E-state index in [0.717, 1.165) is 37.3 Å².